The second kappa shape index (κ2) is 5.28. The number of aromatic nitrogens is 2. The van der Waals surface area contributed by atoms with Gasteiger partial charge in [-0.15, -0.1) is 0 Å². The quantitative estimate of drug-likeness (QED) is 0.600. The fourth-order valence-electron chi connectivity index (χ4n) is 1.40. The van der Waals surface area contributed by atoms with E-state index in [4.69, 9.17) is 5.84 Å². The summed E-state index contributed by atoms with van der Waals surface area (Å²) in [4.78, 5) is 7.57. The zero-order valence-electron chi connectivity index (χ0n) is 9.54. The number of hydrogen-bond acceptors (Lipinski definition) is 5. The number of rotatable bonds is 3. The van der Waals surface area contributed by atoms with Crippen LogP contribution in [-0.2, 0) is 0 Å². The van der Waals surface area contributed by atoms with Crippen LogP contribution < -0.4 is 16.6 Å². The van der Waals surface area contributed by atoms with Crippen LogP contribution in [-0.4, -0.2) is 9.97 Å². The average molecular weight is 312 g/mol. The van der Waals surface area contributed by atoms with Gasteiger partial charge in [-0.3, -0.25) is 5.43 Å². The molecule has 0 aliphatic heterocycles. The van der Waals surface area contributed by atoms with Crippen LogP contribution in [0.1, 0.15) is 5.56 Å². The van der Waals surface area contributed by atoms with Gasteiger partial charge in [0.05, 0.1) is 11.9 Å². The van der Waals surface area contributed by atoms with Gasteiger partial charge in [0.2, 0.25) is 5.95 Å². The standard InChI is InChI=1S/C11H11BrFN5/c1-6-3-2-4-8(9(6)12)16-10-7(13)5-15-11(17-10)18-14/h2-5H,14H2,1H3,(H2,15,16,17,18). The summed E-state index contributed by atoms with van der Waals surface area (Å²) in [6, 6.07) is 5.62. The Morgan fingerprint density at radius 1 is 1.39 bits per heavy atom. The molecule has 5 nitrogen and oxygen atoms in total. The van der Waals surface area contributed by atoms with E-state index in [0.29, 0.717) is 0 Å². The van der Waals surface area contributed by atoms with E-state index in [-0.39, 0.29) is 11.8 Å². The second-order valence-electron chi connectivity index (χ2n) is 3.60. The second-order valence-corrected chi connectivity index (χ2v) is 4.39. The number of nitrogen functional groups attached to an aromatic ring is 1. The Balaban J connectivity index is 2.36. The first-order valence-corrected chi connectivity index (χ1v) is 5.92. The van der Waals surface area contributed by atoms with Crippen LogP contribution in [0.3, 0.4) is 0 Å². The minimum absolute atomic E-state index is 0.0595. The fraction of sp³-hybridized carbons (Fsp3) is 0.0909. The highest BCUT2D eigenvalue weighted by atomic mass is 79.9. The number of nitrogens with two attached hydrogens (primary N) is 1. The lowest BCUT2D eigenvalue weighted by Crippen LogP contribution is -2.12. The van der Waals surface area contributed by atoms with Gasteiger partial charge in [0.1, 0.15) is 0 Å². The number of aryl methyl sites for hydroxylation is 1. The Hall–Kier alpha value is -1.73. The molecule has 0 bridgehead atoms. The lowest BCUT2D eigenvalue weighted by Gasteiger charge is -2.10. The topological polar surface area (TPSA) is 75.9 Å². The van der Waals surface area contributed by atoms with Crippen LogP contribution in [0.25, 0.3) is 0 Å². The molecule has 7 heteroatoms. The first kappa shape index (κ1) is 12.7. The van der Waals surface area contributed by atoms with Crippen LogP contribution in [0.4, 0.5) is 21.8 Å². The van der Waals surface area contributed by atoms with Crippen LogP contribution in [0.15, 0.2) is 28.9 Å². The van der Waals surface area contributed by atoms with E-state index < -0.39 is 5.82 Å². The summed E-state index contributed by atoms with van der Waals surface area (Å²) in [5.41, 5.74) is 4.02. The minimum Gasteiger partial charge on any atom is -0.337 e. The monoisotopic (exact) mass is 311 g/mol. The molecule has 0 spiro atoms. The lowest BCUT2D eigenvalue weighted by molar-refractivity contribution is 0.619. The van der Waals surface area contributed by atoms with Gasteiger partial charge < -0.3 is 5.32 Å². The summed E-state index contributed by atoms with van der Waals surface area (Å²) in [5, 5.41) is 2.89. The maximum atomic E-state index is 13.6. The van der Waals surface area contributed by atoms with Crippen LogP contribution in [0.5, 0.6) is 0 Å². The van der Waals surface area contributed by atoms with Gasteiger partial charge in [0, 0.05) is 4.47 Å². The van der Waals surface area contributed by atoms with Gasteiger partial charge in [0.25, 0.3) is 0 Å². The van der Waals surface area contributed by atoms with Crippen molar-refractivity contribution in [1.29, 1.82) is 0 Å². The summed E-state index contributed by atoms with van der Waals surface area (Å²) >= 11 is 3.43. The van der Waals surface area contributed by atoms with E-state index in [0.717, 1.165) is 21.9 Å². The van der Waals surface area contributed by atoms with Gasteiger partial charge in [-0.1, -0.05) is 12.1 Å². The molecule has 94 valence electrons. The van der Waals surface area contributed by atoms with Crippen LogP contribution in [0, 0.1) is 12.7 Å². The van der Waals surface area contributed by atoms with Crippen molar-refractivity contribution < 1.29 is 4.39 Å². The molecule has 1 aromatic carbocycles. The van der Waals surface area contributed by atoms with Crippen molar-refractivity contribution >= 4 is 33.4 Å². The number of halogens is 2. The van der Waals surface area contributed by atoms with E-state index in [2.05, 4.69) is 36.6 Å². The Labute approximate surface area is 112 Å². The third-order valence-corrected chi connectivity index (χ3v) is 3.37. The summed E-state index contributed by atoms with van der Waals surface area (Å²) in [6.07, 6.45) is 1.05. The normalized spacial score (nSPS) is 10.2. The molecule has 0 aliphatic rings. The largest absolute Gasteiger partial charge is 0.337 e. The first-order valence-electron chi connectivity index (χ1n) is 5.13. The molecule has 0 saturated heterocycles. The molecule has 0 saturated carbocycles. The van der Waals surface area contributed by atoms with Gasteiger partial charge in [-0.2, -0.15) is 4.98 Å². The van der Waals surface area contributed by atoms with E-state index in [1.165, 1.54) is 0 Å². The summed E-state index contributed by atoms with van der Waals surface area (Å²) in [5.74, 6) is 4.83. The van der Waals surface area contributed by atoms with Crippen molar-refractivity contribution in [3.8, 4) is 0 Å². The Kier molecular flexibility index (Phi) is 3.73. The number of hydrogen-bond donors (Lipinski definition) is 3. The number of benzene rings is 1. The number of anilines is 3. The van der Waals surface area contributed by atoms with E-state index >= 15 is 0 Å². The zero-order valence-corrected chi connectivity index (χ0v) is 11.1. The third kappa shape index (κ3) is 2.57. The number of nitrogens with zero attached hydrogens (tertiary/aromatic N) is 2. The van der Waals surface area contributed by atoms with E-state index in [1.54, 1.807) is 0 Å². The van der Waals surface area contributed by atoms with Crippen molar-refractivity contribution in [3.63, 3.8) is 0 Å². The molecule has 18 heavy (non-hydrogen) atoms. The smallest absolute Gasteiger partial charge is 0.239 e. The zero-order chi connectivity index (χ0) is 13.1. The van der Waals surface area contributed by atoms with Gasteiger partial charge >= 0.3 is 0 Å². The van der Waals surface area contributed by atoms with E-state index in [9.17, 15) is 4.39 Å². The van der Waals surface area contributed by atoms with Gasteiger partial charge in [-0.25, -0.2) is 15.2 Å². The molecule has 2 rings (SSSR count). The number of nitrogens with one attached hydrogen (secondary N) is 2. The van der Waals surface area contributed by atoms with E-state index in [1.807, 2.05) is 25.1 Å². The lowest BCUT2D eigenvalue weighted by atomic mass is 10.2. The SMILES string of the molecule is Cc1cccc(Nc2nc(NN)ncc2F)c1Br. The van der Waals surface area contributed by atoms with Crippen molar-refractivity contribution in [2.24, 2.45) is 5.84 Å². The fourth-order valence-corrected chi connectivity index (χ4v) is 1.76. The minimum atomic E-state index is -0.553. The van der Waals surface area contributed by atoms with Crippen molar-refractivity contribution in [1.82, 2.24) is 9.97 Å². The van der Waals surface area contributed by atoms with Gasteiger partial charge in [0.15, 0.2) is 11.6 Å². The summed E-state index contributed by atoms with van der Waals surface area (Å²) < 4.78 is 14.4. The molecule has 0 radical (unpaired) electrons. The first-order chi connectivity index (χ1) is 8.61. The molecule has 0 fully saturated rings. The molecule has 0 aliphatic carbocycles. The summed E-state index contributed by atoms with van der Waals surface area (Å²) in [6.45, 7) is 1.94. The molecular formula is C11H11BrFN5. The maximum absolute atomic E-state index is 13.6. The molecular weight excluding hydrogens is 301 g/mol. The molecule has 1 aromatic heterocycles. The predicted molar refractivity (Wildman–Crippen MR) is 72.0 cm³/mol. The Bertz CT molecular complexity index is 575. The molecule has 2 aromatic rings. The average Bonchev–Trinajstić information content (AvgIpc) is 2.37. The van der Waals surface area contributed by atoms with Crippen molar-refractivity contribution in [2.45, 2.75) is 6.92 Å². The van der Waals surface area contributed by atoms with Crippen molar-refractivity contribution in [3.05, 3.63) is 40.2 Å². The highest BCUT2D eigenvalue weighted by Crippen LogP contribution is 2.28. The van der Waals surface area contributed by atoms with Gasteiger partial charge in [-0.05, 0) is 34.5 Å². The Morgan fingerprint density at radius 3 is 2.89 bits per heavy atom. The maximum Gasteiger partial charge on any atom is 0.239 e. The third-order valence-electron chi connectivity index (χ3n) is 2.32. The predicted octanol–water partition coefficient (Wildman–Crippen LogP) is 2.72. The highest BCUT2D eigenvalue weighted by molar-refractivity contribution is 9.10. The number of hydrazine groups is 1. The summed E-state index contributed by atoms with van der Waals surface area (Å²) in [7, 11) is 0. The molecule has 0 amide bonds. The molecule has 4 N–H and O–H groups in total. The Morgan fingerprint density at radius 2 is 2.17 bits per heavy atom. The van der Waals surface area contributed by atoms with Crippen LogP contribution in [0.2, 0.25) is 0 Å². The highest BCUT2D eigenvalue weighted by Gasteiger charge is 2.09. The molecule has 0 unspecified atom stereocenters. The molecule has 1 heterocycles. The van der Waals surface area contributed by atoms with Crippen molar-refractivity contribution in [2.75, 3.05) is 10.7 Å². The van der Waals surface area contributed by atoms with Crippen LogP contribution >= 0.6 is 15.9 Å². The molecule has 0 atom stereocenters.